The molecule has 1 aliphatic heterocycles. The van der Waals surface area contributed by atoms with E-state index >= 15 is 0 Å². The Morgan fingerprint density at radius 3 is 2.33 bits per heavy atom. The second kappa shape index (κ2) is 5.96. The van der Waals surface area contributed by atoms with E-state index in [0.29, 0.717) is 6.42 Å². The highest BCUT2D eigenvalue weighted by atomic mass is 16.2. The Morgan fingerprint density at radius 1 is 0.958 bits per heavy atom. The summed E-state index contributed by atoms with van der Waals surface area (Å²) < 4.78 is 2.03. The number of anilines is 1. The number of rotatable bonds is 3. The van der Waals surface area contributed by atoms with E-state index in [1.807, 2.05) is 47.2 Å². The maximum Gasteiger partial charge on any atom is 0.227 e. The maximum atomic E-state index is 11.8. The van der Waals surface area contributed by atoms with Crippen LogP contribution in [-0.2, 0) is 11.8 Å². The van der Waals surface area contributed by atoms with Crippen molar-refractivity contribution in [3.63, 3.8) is 0 Å². The molecule has 4 heteroatoms. The highest BCUT2D eigenvalue weighted by Crippen LogP contribution is 2.28. The summed E-state index contributed by atoms with van der Waals surface area (Å²) in [4.78, 5) is 18.1. The van der Waals surface area contributed by atoms with Gasteiger partial charge in [-0.2, -0.15) is 0 Å². The number of aryl methyl sites for hydroxylation is 1. The van der Waals surface area contributed by atoms with Gasteiger partial charge in [-0.3, -0.25) is 9.78 Å². The third kappa shape index (κ3) is 2.71. The molecular formula is C20H19N3O. The van der Waals surface area contributed by atoms with Crippen molar-refractivity contribution >= 4 is 11.6 Å². The molecule has 0 atom stereocenters. The Bertz CT molecular complexity index is 880. The quantitative estimate of drug-likeness (QED) is 0.735. The van der Waals surface area contributed by atoms with Crippen LogP contribution in [0.5, 0.6) is 0 Å². The van der Waals surface area contributed by atoms with Crippen LogP contribution >= 0.6 is 0 Å². The molecule has 3 heterocycles. The topological polar surface area (TPSA) is 38.1 Å². The highest BCUT2D eigenvalue weighted by Gasteiger charge is 2.21. The molecule has 1 saturated heterocycles. The number of nitrogens with zero attached hydrogens (tertiary/aromatic N) is 3. The number of carbonyl (C=O) groups excluding carboxylic acids is 1. The van der Waals surface area contributed by atoms with Crippen molar-refractivity contribution < 1.29 is 4.79 Å². The Balaban J connectivity index is 1.63. The van der Waals surface area contributed by atoms with Crippen molar-refractivity contribution in [2.75, 3.05) is 11.4 Å². The molecule has 4 rings (SSSR count). The average Bonchev–Trinajstić information content (AvgIpc) is 3.24. The Kier molecular flexibility index (Phi) is 3.65. The van der Waals surface area contributed by atoms with Crippen molar-refractivity contribution in [1.29, 1.82) is 0 Å². The molecule has 0 unspecified atom stereocenters. The van der Waals surface area contributed by atoms with Crippen molar-refractivity contribution in [3.8, 4) is 22.3 Å². The van der Waals surface area contributed by atoms with Crippen LogP contribution < -0.4 is 4.90 Å². The van der Waals surface area contributed by atoms with E-state index in [4.69, 9.17) is 0 Å². The first-order chi connectivity index (χ1) is 11.7. The molecule has 4 nitrogen and oxygen atoms in total. The van der Waals surface area contributed by atoms with Crippen molar-refractivity contribution in [2.24, 2.45) is 7.05 Å². The van der Waals surface area contributed by atoms with Crippen molar-refractivity contribution in [2.45, 2.75) is 12.8 Å². The normalized spacial score (nSPS) is 14.4. The zero-order valence-corrected chi connectivity index (χ0v) is 13.6. The number of aromatic nitrogens is 2. The molecule has 24 heavy (non-hydrogen) atoms. The van der Waals surface area contributed by atoms with Crippen molar-refractivity contribution in [1.82, 2.24) is 9.55 Å². The zero-order valence-electron chi connectivity index (χ0n) is 13.6. The summed E-state index contributed by atoms with van der Waals surface area (Å²) in [5, 5.41) is 0. The van der Waals surface area contributed by atoms with Crippen LogP contribution in [0.4, 0.5) is 5.69 Å². The Hall–Kier alpha value is -2.88. The lowest BCUT2D eigenvalue weighted by Gasteiger charge is -2.16. The fourth-order valence-corrected chi connectivity index (χ4v) is 3.18. The maximum absolute atomic E-state index is 11.8. The molecular weight excluding hydrogens is 298 g/mol. The molecule has 0 aliphatic carbocycles. The molecule has 0 radical (unpaired) electrons. The smallest absolute Gasteiger partial charge is 0.227 e. The monoisotopic (exact) mass is 317 g/mol. The lowest BCUT2D eigenvalue weighted by molar-refractivity contribution is -0.117. The second-order valence-electron chi connectivity index (χ2n) is 6.22. The van der Waals surface area contributed by atoms with Crippen LogP contribution in [0.1, 0.15) is 12.8 Å². The fourth-order valence-electron chi connectivity index (χ4n) is 3.18. The van der Waals surface area contributed by atoms with E-state index in [-0.39, 0.29) is 5.91 Å². The molecule has 2 aromatic heterocycles. The SMILES string of the molecule is Cn1ccc(-c2cncc(-c3ccc(N4CCCC4=O)cc3)c2)c1. The van der Waals surface area contributed by atoms with Crippen LogP contribution in [0, 0.1) is 0 Å². The first-order valence-corrected chi connectivity index (χ1v) is 8.19. The number of pyridine rings is 1. The minimum atomic E-state index is 0.218. The number of amides is 1. The predicted molar refractivity (Wildman–Crippen MR) is 95.7 cm³/mol. The van der Waals surface area contributed by atoms with Gasteiger partial charge in [-0.25, -0.2) is 0 Å². The van der Waals surface area contributed by atoms with Crippen LogP contribution in [-0.4, -0.2) is 22.0 Å². The third-order valence-corrected chi connectivity index (χ3v) is 4.49. The molecule has 0 spiro atoms. The summed E-state index contributed by atoms with van der Waals surface area (Å²) in [6.07, 6.45) is 9.49. The van der Waals surface area contributed by atoms with E-state index in [9.17, 15) is 4.79 Å². The standard InChI is InChI=1S/C20H19N3O/c1-22-10-8-16(14-22)18-11-17(12-21-13-18)15-4-6-19(7-5-15)23-9-2-3-20(23)24/h4-8,10-14H,2-3,9H2,1H3. The van der Waals surface area contributed by atoms with Gasteiger partial charge in [-0.05, 0) is 36.2 Å². The van der Waals surface area contributed by atoms with Gasteiger partial charge in [0, 0.05) is 67.2 Å². The average molecular weight is 317 g/mol. The molecule has 3 aromatic rings. The highest BCUT2D eigenvalue weighted by molar-refractivity contribution is 5.95. The molecule has 0 saturated carbocycles. The summed E-state index contributed by atoms with van der Waals surface area (Å²) >= 11 is 0. The second-order valence-corrected chi connectivity index (χ2v) is 6.22. The van der Waals surface area contributed by atoms with E-state index in [1.165, 1.54) is 0 Å². The van der Waals surface area contributed by atoms with Crippen LogP contribution in [0.15, 0.2) is 61.2 Å². The molecule has 1 aliphatic rings. The van der Waals surface area contributed by atoms with Gasteiger partial charge in [0.15, 0.2) is 0 Å². The van der Waals surface area contributed by atoms with Crippen LogP contribution in [0.2, 0.25) is 0 Å². The lowest BCUT2D eigenvalue weighted by atomic mass is 10.0. The largest absolute Gasteiger partial charge is 0.357 e. The summed E-state index contributed by atoms with van der Waals surface area (Å²) in [7, 11) is 2.01. The first-order valence-electron chi connectivity index (χ1n) is 8.19. The van der Waals surface area contributed by atoms with Gasteiger partial charge < -0.3 is 9.47 Å². The molecule has 1 aromatic carbocycles. The van der Waals surface area contributed by atoms with E-state index in [1.54, 1.807) is 0 Å². The van der Waals surface area contributed by atoms with Gasteiger partial charge in [0.05, 0.1) is 0 Å². The molecule has 1 fully saturated rings. The molecule has 0 bridgehead atoms. The number of carbonyl (C=O) groups is 1. The van der Waals surface area contributed by atoms with Gasteiger partial charge in [0.25, 0.3) is 0 Å². The zero-order chi connectivity index (χ0) is 16.5. The number of hydrogen-bond acceptors (Lipinski definition) is 2. The van der Waals surface area contributed by atoms with E-state index < -0.39 is 0 Å². The van der Waals surface area contributed by atoms with Crippen LogP contribution in [0.3, 0.4) is 0 Å². The first kappa shape index (κ1) is 14.7. The lowest BCUT2D eigenvalue weighted by Crippen LogP contribution is -2.23. The van der Waals surface area contributed by atoms with E-state index in [0.717, 1.165) is 40.9 Å². The van der Waals surface area contributed by atoms with Gasteiger partial charge >= 0.3 is 0 Å². The predicted octanol–water partition coefficient (Wildman–Crippen LogP) is 3.88. The summed E-state index contributed by atoms with van der Waals surface area (Å²) in [6, 6.07) is 12.4. The summed E-state index contributed by atoms with van der Waals surface area (Å²) in [5.74, 6) is 0.218. The third-order valence-electron chi connectivity index (χ3n) is 4.49. The molecule has 0 N–H and O–H groups in total. The van der Waals surface area contributed by atoms with E-state index in [2.05, 4.69) is 35.4 Å². The van der Waals surface area contributed by atoms with Gasteiger partial charge in [-0.15, -0.1) is 0 Å². The van der Waals surface area contributed by atoms with Gasteiger partial charge in [-0.1, -0.05) is 12.1 Å². The van der Waals surface area contributed by atoms with Gasteiger partial charge in [0.1, 0.15) is 0 Å². The minimum Gasteiger partial charge on any atom is -0.357 e. The minimum absolute atomic E-state index is 0.218. The molecule has 120 valence electrons. The Morgan fingerprint density at radius 2 is 1.71 bits per heavy atom. The number of hydrogen-bond donors (Lipinski definition) is 0. The van der Waals surface area contributed by atoms with Gasteiger partial charge in [0.2, 0.25) is 5.91 Å². The summed E-state index contributed by atoms with van der Waals surface area (Å²) in [5.41, 5.74) is 5.43. The summed E-state index contributed by atoms with van der Waals surface area (Å²) in [6.45, 7) is 0.823. The molecule has 1 amide bonds. The number of benzene rings is 1. The van der Waals surface area contributed by atoms with Crippen molar-refractivity contribution in [3.05, 3.63) is 61.2 Å². The van der Waals surface area contributed by atoms with Crippen LogP contribution in [0.25, 0.3) is 22.3 Å². The Labute approximate surface area is 141 Å². The fraction of sp³-hybridized carbons (Fsp3) is 0.200.